The Labute approximate surface area is 133 Å². The van der Waals surface area contributed by atoms with Crippen molar-refractivity contribution in [1.82, 2.24) is 0 Å². The molecule has 2 atom stereocenters. The van der Waals surface area contributed by atoms with Crippen LogP contribution in [-0.2, 0) is 12.0 Å². The summed E-state index contributed by atoms with van der Waals surface area (Å²) in [6, 6.07) is 13.6. The Morgan fingerprint density at radius 1 is 1.24 bits per heavy atom. The number of nitrogens with two attached hydrogens (primary N) is 1. The minimum absolute atomic E-state index is 0.228. The van der Waals surface area contributed by atoms with Gasteiger partial charge in [0.15, 0.2) is 0 Å². The second-order valence-electron chi connectivity index (χ2n) is 6.07. The molecule has 0 radical (unpaired) electrons. The van der Waals surface area contributed by atoms with Crippen LogP contribution in [0.2, 0.25) is 0 Å². The van der Waals surface area contributed by atoms with Crippen LogP contribution in [0.1, 0.15) is 42.4 Å². The molecule has 3 rings (SSSR count). The summed E-state index contributed by atoms with van der Waals surface area (Å²) in [6.45, 7) is 2.25. The maximum Gasteiger partial charge on any atom is 0.137 e. The molecule has 1 aliphatic rings. The van der Waals surface area contributed by atoms with Gasteiger partial charge in [-0.15, -0.1) is 0 Å². The van der Waals surface area contributed by atoms with Crippen LogP contribution in [0.3, 0.4) is 0 Å². The van der Waals surface area contributed by atoms with Crippen LogP contribution in [0, 0.1) is 5.82 Å². The fraction of sp³-hybridized carbons (Fsp3) is 0.333. The standard InChI is InChI=1S/C18H19BrFN/c1-12-9-10-18(21,15-7-3-2-6-14(12)15)11-13-5-4-8-16(20)17(13)19/h2-8,12H,9-11,21H2,1H3. The van der Waals surface area contributed by atoms with Gasteiger partial charge in [-0.1, -0.05) is 43.3 Å². The van der Waals surface area contributed by atoms with E-state index < -0.39 is 5.54 Å². The van der Waals surface area contributed by atoms with Crippen molar-refractivity contribution < 1.29 is 4.39 Å². The monoisotopic (exact) mass is 347 g/mol. The predicted molar refractivity (Wildman–Crippen MR) is 87.8 cm³/mol. The smallest absolute Gasteiger partial charge is 0.137 e. The van der Waals surface area contributed by atoms with Crippen molar-refractivity contribution in [2.75, 3.05) is 0 Å². The zero-order chi connectivity index (χ0) is 15.0. The molecule has 0 fully saturated rings. The topological polar surface area (TPSA) is 26.0 Å². The third kappa shape index (κ3) is 2.65. The number of rotatable bonds is 2. The first kappa shape index (κ1) is 14.7. The molecule has 2 unspecified atom stereocenters. The van der Waals surface area contributed by atoms with E-state index >= 15 is 0 Å². The number of fused-ring (bicyclic) bond motifs is 1. The molecule has 0 aromatic heterocycles. The van der Waals surface area contributed by atoms with Gasteiger partial charge < -0.3 is 5.73 Å². The molecular weight excluding hydrogens is 329 g/mol. The van der Waals surface area contributed by atoms with Crippen LogP contribution in [0.25, 0.3) is 0 Å². The summed E-state index contributed by atoms with van der Waals surface area (Å²) < 4.78 is 14.3. The third-order valence-corrected chi connectivity index (χ3v) is 5.48. The average molecular weight is 348 g/mol. The molecule has 3 heteroatoms. The highest BCUT2D eigenvalue weighted by Crippen LogP contribution is 2.42. The number of hydrogen-bond donors (Lipinski definition) is 1. The minimum Gasteiger partial charge on any atom is -0.321 e. The van der Waals surface area contributed by atoms with Gasteiger partial charge in [0.05, 0.1) is 4.47 Å². The summed E-state index contributed by atoms with van der Waals surface area (Å²) in [6.07, 6.45) is 2.64. The molecule has 110 valence electrons. The second-order valence-corrected chi connectivity index (χ2v) is 6.87. The Kier molecular flexibility index (Phi) is 3.89. The van der Waals surface area contributed by atoms with Crippen LogP contribution in [0.15, 0.2) is 46.9 Å². The van der Waals surface area contributed by atoms with Gasteiger partial charge in [0, 0.05) is 5.54 Å². The molecular formula is C18H19BrFN. The van der Waals surface area contributed by atoms with Crippen molar-refractivity contribution in [1.29, 1.82) is 0 Å². The highest BCUT2D eigenvalue weighted by molar-refractivity contribution is 9.10. The van der Waals surface area contributed by atoms with Crippen LogP contribution in [-0.4, -0.2) is 0 Å². The van der Waals surface area contributed by atoms with Gasteiger partial charge in [-0.25, -0.2) is 4.39 Å². The summed E-state index contributed by atoms with van der Waals surface area (Å²) in [5.74, 6) is 0.308. The Bertz CT molecular complexity index is 670. The molecule has 0 amide bonds. The lowest BCUT2D eigenvalue weighted by molar-refractivity contribution is 0.348. The molecule has 1 aliphatic carbocycles. The number of halogens is 2. The highest BCUT2D eigenvalue weighted by Gasteiger charge is 2.35. The van der Waals surface area contributed by atoms with Gasteiger partial charge in [-0.3, -0.25) is 0 Å². The largest absolute Gasteiger partial charge is 0.321 e. The van der Waals surface area contributed by atoms with Crippen LogP contribution in [0.4, 0.5) is 4.39 Å². The molecule has 21 heavy (non-hydrogen) atoms. The molecule has 2 N–H and O–H groups in total. The van der Waals surface area contributed by atoms with Crippen molar-refractivity contribution in [3.05, 3.63) is 69.4 Å². The Morgan fingerprint density at radius 3 is 2.81 bits per heavy atom. The van der Waals surface area contributed by atoms with Crippen LogP contribution in [0.5, 0.6) is 0 Å². The lowest BCUT2D eigenvalue weighted by Gasteiger charge is -2.39. The third-order valence-electron chi connectivity index (χ3n) is 4.59. The van der Waals surface area contributed by atoms with Gasteiger partial charge in [-0.2, -0.15) is 0 Å². The van der Waals surface area contributed by atoms with Crippen molar-refractivity contribution in [3.63, 3.8) is 0 Å². The first-order valence-corrected chi connectivity index (χ1v) is 8.12. The van der Waals surface area contributed by atoms with Crippen molar-refractivity contribution in [3.8, 4) is 0 Å². The predicted octanol–water partition coefficient (Wildman–Crippen LogP) is 4.88. The summed E-state index contributed by atoms with van der Waals surface area (Å²) in [5.41, 5.74) is 9.80. The first-order chi connectivity index (χ1) is 10.0. The van der Waals surface area contributed by atoms with E-state index in [9.17, 15) is 4.39 Å². The molecule has 0 saturated heterocycles. The minimum atomic E-state index is -0.417. The maximum absolute atomic E-state index is 13.7. The van der Waals surface area contributed by atoms with E-state index in [0.717, 1.165) is 18.4 Å². The summed E-state index contributed by atoms with van der Waals surface area (Å²) in [4.78, 5) is 0. The second kappa shape index (κ2) is 5.54. The van der Waals surface area contributed by atoms with E-state index in [2.05, 4.69) is 41.1 Å². The molecule has 2 aromatic rings. The van der Waals surface area contributed by atoms with E-state index in [4.69, 9.17) is 5.73 Å². The van der Waals surface area contributed by atoms with Crippen LogP contribution < -0.4 is 5.73 Å². The summed E-state index contributed by atoms with van der Waals surface area (Å²) in [7, 11) is 0. The number of hydrogen-bond acceptors (Lipinski definition) is 1. The molecule has 1 nitrogen and oxygen atoms in total. The SMILES string of the molecule is CC1CCC(N)(Cc2cccc(F)c2Br)c2ccccc21. The molecule has 0 heterocycles. The lowest BCUT2D eigenvalue weighted by Crippen LogP contribution is -2.42. The average Bonchev–Trinajstić information content (AvgIpc) is 2.49. The van der Waals surface area contributed by atoms with E-state index in [1.54, 1.807) is 6.07 Å². The van der Waals surface area contributed by atoms with Crippen molar-refractivity contribution in [2.45, 2.75) is 37.6 Å². The van der Waals surface area contributed by atoms with E-state index in [0.29, 0.717) is 16.8 Å². The van der Waals surface area contributed by atoms with Crippen LogP contribution >= 0.6 is 15.9 Å². The number of benzene rings is 2. The fourth-order valence-corrected chi connectivity index (χ4v) is 3.76. The fourth-order valence-electron chi connectivity index (χ4n) is 3.35. The Balaban J connectivity index is 2.02. The summed E-state index contributed by atoms with van der Waals surface area (Å²) in [5, 5.41) is 0. The van der Waals surface area contributed by atoms with Gasteiger partial charge in [0.1, 0.15) is 5.82 Å². The van der Waals surface area contributed by atoms with E-state index in [1.807, 2.05) is 12.1 Å². The lowest BCUT2D eigenvalue weighted by atomic mass is 9.70. The normalized spacial score (nSPS) is 24.7. The zero-order valence-electron chi connectivity index (χ0n) is 12.1. The highest BCUT2D eigenvalue weighted by atomic mass is 79.9. The Hall–Kier alpha value is -1.19. The van der Waals surface area contributed by atoms with Gasteiger partial charge in [0.2, 0.25) is 0 Å². The van der Waals surface area contributed by atoms with Gasteiger partial charge in [-0.05, 0) is 63.9 Å². The van der Waals surface area contributed by atoms with Crippen molar-refractivity contribution >= 4 is 15.9 Å². The zero-order valence-corrected chi connectivity index (χ0v) is 13.7. The molecule has 2 aromatic carbocycles. The van der Waals surface area contributed by atoms with E-state index in [1.165, 1.54) is 17.2 Å². The van der Waals surface area contributed by atoms with Gasteiger partial charge >= 0.3 is 0 Å². The molecule has 0 saturated carbocycles. The van der Waals surface area contributed by atoms with Gasteiger partial charge in [0.25, 0.3) is 0 Å². The molecule has 0 aliphatic heterocycles. The molecule has 0 bridgehead atoms. The van der Waals surface area contributed by atoms with Crippen molar-refractivity contribution in [2.24, 2.45) is 5.73 Å². The maximum atomic E-state index is 13.7. The summed E-state index contributed by atoms with van der Waals surface area (Å²) >= 11 is 3.35. The quantitative estimate of drug-likeness (QED) is 0.822. The first-order valence-electron chi connectivity index (χ1n) is 7.32. The van der Waals surface area contributed by atoms with E-state index in [-0.39, 0.29) is 5.82 Å². The molecule has 0 spiro atoms. The Morgan fingerprint density at radius 2 is 2.00 bits per heavy atom.